The average Bonchev–Trinajstić information content (AvgIpc) is 3.07. The Kier molecular flexibility index (Phi) is 4.59. The lowest BCUT2D eigenvalue weighted by Gasteiger charge is -2.33. The van der Waals surface area contributed by atoms with Gasteiger partial charge in [0.25, 0.3) is 5.56 Å². The number of fused-ring (bicyclic) bond motifs is 1. The topological polar surface area (TPSA) is 71.6 Å². The third-order valence-electron chi connectivity index (χ3n) is 4.70. The Bertz CT molecular complexity index is 784. The highest BCUT2D eigenvalue weighted by Gasteiger charge is 2.25. The maximum absolute atomic E-state index is 12.2. The molecular formula is C17H25N5O2. The van der Waals surface area contributed by atoms with Crippen molar-refractivity contribution in [3.63, 3.8) is 0 Å². The summed E-state index contributed by atoms with van der Waals surface area (Å²) in [4.78, 5) is 26.2. The number of urea groups is 1. The van der Waals surface area contributed by atoms with E-state index in [0.717, 1.165) is 24.2 Å². The lowest BCUT2D eigenvalue weighted by Crippen LogP contribution is -2.45. The van der Waals surface area contributed by atoms with Crippen molar-refractivity contribution in [2.24, 2.45) is 13.0 Å². The molecule has 130 valence electrons. The quantitative estimate of drug-likeness (QED) is 0.928. The lowest BCUT2D eigenvalue weighted by atomic mass is 9.93. The predicted molar refractivity (Wildman–Crippen MR) is 92.2 cm³/mol. The summed E-state index contributed by atoms with van der Waals surface area (Å²) in [5.74, 6) is 0.736. The Morgan fingerprint density at radius 2 is 2.08 bits per heavy atom. The van der Waals surface area contributed by atoms with Gasteiger partial charge in [-0.05, 0) is 18.8 Å². The minimum Gasteiger partial charge on any atom is -0.338 e. The van der Waals surface area contributed by atoms with E-state index in [1.165, 1.54) is 4.52 Å². The summed E-state index contributed by atoms with van der Waals surface area (Å²) in [6, 6.07) is 3.54. The number of aromatic nitrogens is 3. The third-order valence-corrected chi connectivity index (χ3v) is 4.70. The smallest absolute Gasteiger partial charge is 0.317 e. The SMILES string of the molecule is CC(C)CNC(=O)N1CCC(c2cc(=O)n3nccc3n2C)CC1. The van der Waals surface area contributed by atoms with E-state index < -0.39 is 0 Å². The Balaban J connectivity index is 1.70. The maximum Gasteiger partial charge on any atom is 0.317 e. The molecule has 0 spiro atoms. The summed E-state index contributed by atoms with van der Waals surface area (Å²) in [5.41, 5.74) is 1.73. The van der Waals surface area contributed by atoms with Gasteiger partial charge in [-0.2, -0.15) is 9.61 Å². The van der Waals surface area contributed by atoms with Gasteiger partial charge < -0.3 is 14.8 Å². The minimum atomic E-state index is -0.0970. The third kappa shape index (κ3) is 3.16. The number of hydrogen-bond acceptors (Lipinski definition) is 3. The van der Waals surface area contributed by atoms with Crippen molar-refractivity contribution in [2.75, 3.05) is 19.6 Å². The van der Waals surface area contributed by atoms with Crippen LogP contribution in [-0.2, 0) is 7.05 Å². The van der Waals surface area contributed by atoms with E-state index in [-0.39, 0.29) is 17.5 Å². The van der Waals surface area contributed by atoms with Crippen molar-refractivity contribution in [3.05, 3.63) is 34.4 Å². The minimum absolute atomic E-state index is 0.0160. The number of nitrogens with zero attached hydrogens (tertiary/aromatic N) is 4. The zero-order valence-electron chi connectivity index (χ0n) is 14.5. The maximum atomic E-state index is 12.2. The molecule has 0 unspecified atom stereocenters. The number of amides is 2. The first-order chi connectivity index (χ1) is 11.5. The Labute approximate surface area is 141 Å². The molecule has 1 aliphatic rings. The molecule has 24 heavy (non-hydrogen) atoms. The van der Waals surface area contributed by atoms with Gasteiger partial charge in [-0.25, -0.2) is 4.79 Å². The number of hydrogen-bond donors (Lipinski definition) is 1. The van der Waals surface area contributed by atoms with E-state index in [1.807, 2.05) is 22.6 Å². The summed E-state index contributed by atoms with van der Waals surface area (Å²) >= 11 is 0. The molecule has 1 saturated heterocycles. The van der Waals surface area contributed by atoms with Crippen LogP contribution >= 0.6 is 0 Å². The van der Waals surface area contributed by atoms with Crippen LogP contribution in [0.4, 0.5) is 4.79 Å². The van der Waals surface area contributed by atoms with Crippen molar-refractivity contribution in [1.82, 2.24) is 24.4 Å². The molecule has 0 atom stereocenters. The molecule has 2 aromatic heterocycles. The van der Waals surface area contributed by atoms with Gasteiger partial charge >= 0.3 is 6.03 Å². The van der Waals surface area contributed by atoms with Crippen LogP contribution in [0.2, 0.25) is 0 Å². The second-order valence-corrected chi connectivity index (χ2v) is 6.91. The van der Waals surface area contributed by atoms with Crippen molar-refractivity contribution in [3.8, 4) is 0 Å². The normalized spacial score (nSPS) is 16.1. The molecule has 3 rings (SSSR count). The molecule has 7 nitrogen and oxygen atoms in total. The van der Waals surface area contributed by atoms with Crippen LogP contribution < -0.4 is 10.9 Å². The number of carbonyl (C=O) groups is 1. The van der Waals surface area contributed by atoms with Gasteiger partial charge in [-0.1, -0.05) is 13.8 Å². The fourth-order valence-corrected chi connectivity index (χ4v) is 3.31. The second-order valence-electron chi connectivity index (χ2n) is 6.91. The Morgan fingerprint density at radius 3 is 2.75 bits per heavy atom. The summed E-state index contributed by atoms with van der Waals surface area (Å²) in [6.45, 7) is 6.30. The first-order valence-corrected chi connectivity index (χ1v) is 8.54. The van der Waals surface area contributed by atoms with Crippen molar-refractivity contribution < 1.29 is 4.79 Å². The molecular weight excluding hydrogens is 306 g/mol. The van der Waals surface area contributed by atoms with Gasteiger partial charge in [-0.15, -0.1) is 0 Å². The summed E-state index contributed by atoms with van der Waals surface area (Å²) in [7, 11) is 1.97. The summed E-state index contributed by atoms with van der Waals surface area (Å²) in [6.07, 6.45) is 3.38. The van der Waals surface area contributed by atoms with Gasteiger partial charge in [0.15, 0.2) is 0 Å². The zero-order chi connectivity index (χ0) is 17.3. The van der Waals surface area contributed by atoms with Crippen LogP contribution in [0.1, 0.15) is 38.3 Å². The van der Waals surface area contributed by atoms with Gasteiger partial charge in [0, 0.05) is 50.4 Å². The molecule has 0 aromatic carbocycles. The average molecular weight is 331 g/mol. The molecule has 2 amide bonds. The standard InChI is InChI=1S/C17H25N5O2/c1-12(2)11-18-17(24)21-8-5-13(6-9-21)14-10-16(23)22-15(20(14)3)4-7-19-22/h4,7,10,12-13H,5-6,8-9,11H2,1-3H3,(H,18,24). The van der Waals surface area contributed by atoms with Gasteiger partial charge in [0.05, 0.1) is 6.20 Å². The Hall–Kier alpha value is -2.31. The number of piperidine rings is 1. The van der Waals surface area contributed by atoms with E-state index in [1.54, 1.807) is 12.3 Å². The molecule has 7 heteroatoms. The van der Waals surface area contributed by atoms with E-state index >= 15 is 0 Å². The van der Waals surface area contributed by atoms with Gasteiger partial charge in [-0.3, -0.25) is 4.79 Å². The number of aryl methyl sites for hydroxylation is 1. The zero-order valence-corrected chi connectivity index (χ0v) is 14.5. The van der Waals surface area contributed by atoms with Crippen molar-refractivity contribution >= 4 is 11.7 Å². The molecule has 3 heterocycles. The van der Waals surface area contributed by atoms with E-state index in [2.05, 4.69) is 24.3 Å². The van der Waals surface area contributed by atoms with Crippen LogP contribution in [0.5, 0.6) is 0 Å². The number of carbonyl (C=O) groups excluding carboxylic acids is 1. The van der Waals surface area contributed by atoms with E-state index in [0.29, 0.717) is 25.6 Å². The lowest BCUT2D eigenvalue weighted by molar-refractivity contribution is 0.179. The molecule has 1 N–H and O–H groups in total. The van der Waals surface area contributed by atoms with Crippen LogP contribution in [0.3, 0.4) is 0 Å². The molecule has 0 bridgehead atoms. The number of nitrogens with one attached hydrogen (secondary N) is 1. The fraction of sp³-hybridized carbons (Fsp3) is 0.588. The van der Waals surface area contributed by atoms with Gasteiger partial charge in [0.1, 0.15) is 5.65 Å². The highest BCUT2D eigenvalue weighted by molar-refractivity contribution is 5.74. The van der Waals surface area contributed by atoms with E-state index in [9.17, 15) is 9.59 Å². The predicted octanol–water partition coefficient (Wildman–Crippen LogP) is 1.58. The van der Waals surface area contributed by atoms with Crippen molar-refractivity contribution in [1.29, 1.82) is 0 Å². The van der Waals surface area contributed by atoms with Crippen molar-refractivity contribution in [2.45, 2.75) is 32.6 Å². The largest absolute Gasteiger partial charge is 0.338 e. The molecule has 0 radical (unpaired) electrons. The van der Waals surface area contributed by atoms with E-state index in [4.69, 9.17) is 0 Å². The molecule has 0 saturated carbocycles. The molecule has 1 aliphatic heterocycles. The first-order valence-electron chi connectivity index (χ1n) is 8.54. The monoisotopic (exact) mass is 331 g/mol. The highest BCUT2D eigenvalue weighted by Crippen LogP contribution is 2.27. The highest BCUT2D eigenvalue weighted by atomic mass is 16.2. The Morgan fingerprint density at radius 1 is 1.38 bits per heavy atom. The van der Waals surface area contributed by atoms with Gasteiger partial charge in [0.2, 0.25) is 0 Å². The number of rotatable bonds is 3. The number of likely N-dealkylation sites (tertiary alicyclic amines) is 1. The second kappa shape index (κ2) is 6.67. The molecule has 1 fully saturated rings. The first kappa shape index (κ1) is 16.5. The van der Waals surface area contributed by atoms with Crippen LogP contribution in [0.15, 0.2) is 23.1 Å². The van der Waals surface area contributed by atoms with Crippen LogP contribution in [0.25, 0.3) is 5.65 Å². The molecule has 2 aromatic rings. The summed E-state index contributed by atoms with van der Waals surface area (Å²) in [5, 5.41) is 7.03. The van der Waals surface area contributed by atoms with Crippen LogP contribution in [-0.4, -0.2) is 44.7 Å². The summed E-state index contributed by atoms with van der Waals surface area (Å²) < 4.78 is 3.45. The fourth-order valence-electron chi connectivity index (χ4n) is 3.31. The van der Waals surface area contributed by atoms with Crippen LogP contribution in [0, 0.1) is 5.92 Å². The molecule has 0 aliphatic carbocycles.